The van der Waals surface area contributed by atoms with Crippen LogP contribution in [0.4, 0.5) is 16.2 Å². The minimum absolute atomic E-state index is 0.117. The van der Waals surface area contributed by atoms with Crippen LogP contribution < -0.4 is 10.2 Å². The average molecular weight is 385 g/mol. The molecule has 24 heavy (non-hydrogen) atoms. The number of hydrogen-bond acceptors (Lipinski definition) is 2. The van der Waals surface area contributed by atoms with Crippen LogP contribution in [-0.2, 0) is 0 Å². The maximum Gasteiger partial charge on any atom is 0.321 e. The SMILES string of the molecule is O=C(Nc1ccc(Cl)cc1)N1CCN(c2cccc(Cl)c2Cl)CC1. The molecule has 1 aliphatic rings. The molecule has 2 aromatic rings. The highest BCUT2D eigenvalue weighted by Crippen LogP contribution is 2.32. The zero-order chi connectivity index (χ0) is 17.1. The first-order valence-corrected chi connectivity index (χ1v) is 8.68. The number of carbonyl (C=O) groups is 1. The summed E-state index contributed by atoms with van der Waals surface area (Å²) in [5.41, 5.74) is 1.63. The van der Waals surface area contributed by atoms with E-state index in [9.17, 15) is 4.79 Å². The Morgan fingerprint density at radius 2 is 1.58 bits per heavy atom. The fraction of sp³-hybridized carbons (Fsp3) is 0.235. The molecule has 0 unspecified atom stereocenters. The Morgan fingerprint density at radius 1 is 0.917 bits per heavy atom. The van der Waals surface area contributed by atoms with Crippen molar-refractivity contribution in [2.75, 3.05) is 36.4 Å². The van der Waals surface area contributed by atoms with Gasteiger partial charge in [0, 0.05) is 36.9 Å². The van der Waals surface area contributed by atoms with Crippen LogP contribution in [0.1, 0.15) is 0 Å². The molecule has 4 nitrogen and oxygen atoms in total. The monoisotopic (exact) mass is 383 g/mol. The Hall–Kier alpha value is -1.62. The van der Waals surface area contributed by atoms with Crippen molar-refractivity contribution in [1.29, 1.82) is 0 Å². The normalized spacial score (nSPS) is 14.6. The number of carbonyl (C=O) groups excluding carboxylic acids is 1. The van der Waals surface area contributed by atoms with Crippen LogP contribution in [-0.4, -0.2) is 37.1 Å². The topological polar surface area (TPSA) is 35.6 Å². The summed E-state index contributed by atoms with van der Waals surface area (Å²) >= 11 is 18.2. The van der Waals surface area contributed by atoms with Crippen molar-refractivity contribution >= 4 is 52.2 Å². The van der Waals surface area contributed by atoms with Crippen molar-refractivity contribution in [3.63, 3.8) is 0 Å². The number of amides is 2. The van der Waals surface area contributed by atoms with Crippen molar-refractivity contribution in [3.05, 3.63) is 57.5 Å². The maximum absolute atomic E-state index is 12.3. The first kappa shape index (κ1) is 17.2. The van der Waals surface area contributed by atoms with E-state index in [4.69, 9.17) is 34.8 Å². The molecule has 0 spiro atoms. The molecule has 0 aliphatic carbocycles. The zero-order valence-corrected chi connectivity index (χ0v) is 15.1. The Balaban J connectivity index is 1.59. The van der Waals surface area contributed by atoms with E-state index in [1.807, 2.05) is 12.1 Å². The summed E-state index contributed by atoms with van der Waals surface area (Å²) in [6.45, 7) is 2.63. The molecule has 1 saturated heterocycles. The zero-order valence-electron chi connectivity index (χ0n) is 12.8. The van der Waals surface area contributed by atoms with Gasteiger partial charge in [-0.05, 0) is 36.4 Å². The number of nitrogens with zero attached hydrogens (tertiary/aromatic N) is 2. The number of halogens is 3. The number of hydrogen-bond donors (Lipinski definition) is 1. The van der Waals surface area contributed by atoms with Gasteiger partial charge in [-0.3, -0.25) is 0 Å². The van der Waals surface area contributed by atoms with Crippen LogP contribution >= 0.6 is 34.8 Å². The van der Waals surface area contributed by atoms with Gasteiger partial charge in [-0.15, -0.1) is 0 Å². The highest BCUT2D eigenvalue weighted by atomic mass is 35.5. The Morgan fingerprint density at radius 3 is 2.25 bits per heavy atom. The van der Waals surface area contributed by atoms with Crippen molar-refractivity contribution in [2.45, 2.75) is 0 Å². The van der Waals surface area contributed by atoms with Gasteiger partial charge >= 0.3 is 6.03 Å². The molecule has 0 atom stereocenters. The Kier molecular flexibility index (Phi) is 5.39. The third-order valence-corrected chi connectivity index (χ3v) is 5.00. The van der Waals surface area contributed by atoms with Gasteiger partial charge in [0.1, 0.15) is 0 Å². The Bertz CT molecular complexity index is 728. The van der Waals surface area contributed by atoms with Crippen molar-refractivity contribution in [2.24, 2.45) is 0 Å². The first-order chi connectivity index (χ1) is 11.5. The van der Waals surface area contributed by atoms with Gasteiger partial charge in [-0.2, -0.15) is 0 Å². The lowest BCUT2D eigenvalue weighted by Gasteiger charge is -2.36. The molecular weight excluding hydrogens is 369 g/mol. The van der Waals surface area contributed by atoms with E-state index < -0.39 is 0 Å². The van der Waals surface area contributed by atoms with Gasteiger partial charge in [-0.25, -0.2) is 4.79 Å². The van der Waals surface area contributed by atoms with Gasteiger partial charge in [0.2, 0.25) is 0 Å². The molecule has 2 amide bonds. The average Bonchev–Trinajstić information content (AvgIpc) is 2.59. The number of nitrogens with one attached hydrogen (secondary N) is 1. The van der Waals surface area contributed by atoms with Crippen LogP contribution in [0.2, 0.25) is 15.1 Å². The molecule has 1 N–H and O–H groups in total. The lowest BCUT2D eigenvalue weighted by atomic mass is 10.2. The van der Waals surface area contributed by atoms with Gasteiger partial charge in [0.05, 0.1) is 15.7 Å². The van der Waals surface area contributed by atoms with Crippen LogP contribution in [0, 0.1) is 0 Å². The second-order valence-electron chi connectivity index (χ2n) is 5.48. The summed E-state index contributed by atoms with van der Waals surface area (Å²) in [4.78, 5) is 16.3. The van der Waals surface area contributed by atoms with Crippen LogP contribution in [0.15, 0.2) is 42.5 Å². The van der Waals surface area contributed by atoms with Crippen LogP contribution in [0.3, 0.4) is 0 Å². The predicted molar refractivity (Wildman–Crippen MR) is 101 cm³/mol. The summed E-state index contributed by atoms with van der Waals surface area (Å²) in [5.74, 6) is 0. The smallest absolute Gasteiger partial charge is 0.321 e. The molecule has 1 fully saturated rings. The van der Waals surface area contributed by atoms with E-state index in [-0.39, 0.29) is 6.03 Å². The molecular formula is C17H16Cl3N3O. The Labute approximate surface area is 155 Å². The molecule has 3 rings (SSSR count). The van der Waals surface area contributed by atoms with Gasteiger partial charge < -0.3 is 15.1 Å². The largest absolute Gasteiger partial charge is 0.367 e. The number of urea groups is 1. The lowest BCUT2D eigenvalue weighted by molar-refractivity contribution is 0.208. The molecule has 1 heterocycles. The molecule has 0 aromatic heterocycles. The highest BCUT2D eigenvalue weighted by Gasteiger charge is 2.23. The summed E-state index contributed by atoms with van der Waals surface area (Å²) in [5, 5.41) is 4.61. The quantitative estimate of drug-likeness (QED) is 0.791. The molecule has 2 aromatic carbocycles. The number of benzene rings is 2. The van der Waals surface area contributed by atoms with E-state index >= 15 is 0 Å². The van der Waals surface area contributed by atoms with E-state index in [1.165, 1.54) is 0 Å². The van der Waals surface area contributed by atoms with E-state index in [0.717, 1.165) is 11.4 Å². The fourth-order valence-corrected chi connectivity index (χ4v) is 3.16. The lowest BCUT2D eigenvalue weighted by Crippen LogP contribution is -2.50. The van der Waals surface area contributed by atoms with E-state index in [2.05, 4.69) is 10.2 Å². The fourth-order valence-electron chi connectivity index (χ4n) is 2.62. The minimum atomic E-state index is -0.117. The molecule has 0 saturated carbocycles. The molecule has 0 radical (unpaired) electrons. The molecule has 1 aliphatic heterocycles. The second-order valence-corrected chi connectivity index (χ2v) is 6.71. The summed E-state index contributed by atoms with van der Waals surface area (Å²) in [7, 11) is 0. The van der Waals surface area contributed by atoms with Gasteiger partial charge in [-0.1, -0.05) is 40.9 Å². The van der Waals surface area contributed by atoms with Gasteiger partial charge in [0.25, 0.3) is 0 Å². The molecule has 7 heteroatoms. The number of anilines is 2. The second kappa shape index (κ2) is 7.51. The number of rotatable bonds is 2. The predicted octanol–water partition coefficient (Wildman–Crippen LogP) is 5.00. The van der Waals surface area contributed by atoms with Crippen LogP contribution in [0.5, 0.6) is 0 Å². The summed E-state index contributed by atoms with van der Waals surface area (Å²) < 4.78 is 0. The molecule has 0 bridgehead atoms. The summed E-state index contributed by atoms with van der Waals surface area (Å²) in [6, 6.07) is 12.5. The van der Waals surface area contributed by atoms with Crippen LogP contribution in [0.25, 0.3) is 0 Å². The summed E-state index contributed by atoms with van der Waals surface area (Å²) in [6.07, 6.45) is 0. The standard InChI is InChI=1S/C17H16Cl3N3O/c18-12-4-6-13(7-5-12)21-17(24)23-10-8-22(9-11-23)15-3-1-2-14(19)16(15)20/h1-7H,8-11H2,(H,21,24). The third kappa shape index (κ3) is 3.89. The first-order valence-electron chi connectivity index (χ1n) is 7.55. The third-order valence-electron chi connectivity index (χ3n) is 3.93. The van der Waals surface area contributed by atoms with Crippen molar-refractivity contribution < 1.29 is 4.79 Å². The van der Waals surface area contributed by atoms with Gasteiger partial charge in [0.15, 0.2) is 0 Å². The molecule has 126 valence electrons. The number of piperazine rings is 1. The highest BCUT2D eigenvalue weighted by molar-refractivity contribution is 6.43. The van der Waals surface area contributed by atoms with E-state index in [1.54, 1.807) is 35.2 Å². The van der Waals surface area contributed by atoms with Crippen molar-refractivity contribution in [1.82, 2.24) is 4.90 Å². The van der Waals surface area contributed by atoms with Crippen molar-refractivity contribution in [3.8, 4) is 0 Å². The minimum Gasteiger partial charge on any atom is -0.367 e. The maximum atomic E-state index is 12.3. The van der Waals surface area contributed by atoms with E-state index in [0.29, 0.717) is 41.2 Å².